The summed E-state index contributed by atoms with van der Waals surface area (Å²) in [7, 11) is -3.89. The smallest absolute Gasteiger partial charge is 0.0659 e. The van der Waals surface area contributed by atoms with Crippen LogP contribution in [0.1, 0.15) is 125 Å². The molecule has 1 aliphatic rings. The first-order valence-corrected chi connectivity index (χ1v) is 26.2. The second kappa shape index (κ2) is 7.54. The highest BCUT2D eigenvalue weighted by Crippen LogP contribution is 2.66. The molecule has 0 unspecified atom stereocenters. The fourth-order valence-electron chi connectivity index (χ4n) is 7.44. The summed E-state index contributed by atoms with van der Waals surface area (Å²) in [6.45, 7) is 50.5. The van der Waals surface area contributed by atoms with E-state index in [4.69, 9.17) is 0 Å². The fourth-order valence-corrected chi connectivity index (χ4v) is 170. The molecule has 0 spiro atoms. The predicted octanol–water partition coefficient (Wildman–Crippen LogP) is 9.20. The SMILES string of the molecule is CC(C)(C)[Si]1=[Si]([Si](C)(C(C)(C)C)C(C)(C)C)[Si+](C(C)(C)C)[Si]1(C(C)(C)C)C(C)(C)C. The Bertz CT molecular complexity index is 661. The molecule has 1 aliphatic heterocycles. The first-order valence-electron chi connectivity index (χ1n) is 12.2. The third kappa shape index (κ3) is 4.07. The molecule has 30 heavy (non-hydrogen) atoms. The Morgan fingerprint density at radius 3 is 1.03 bits per heavy atom. The second-order valence-corrected chi connectivity index (χ2v) is 58.5. The van der Waals surface area contributed by atoms with E-state index >= 15 is 0 Å². The van der Waals surface area contributed by atoms with Gasteiger partial charge in [0.25, 0.3) is 0 Å². The van der Waals surface area contributed by atoms with E-state index in [1.165, 1.54) is 0 Å². The third-order valence-corrected chi connectivity index (χ3v) is 106. The van der Waals surface area contributed by atoms with Gasteiger partial charge in [0, 0.05) is 10.1 Å². The van der Waals surface area contributed by atoms with Crippen LogP contribution in [0.5, 0.6) is 0 Å². The molecule has 0 aromatic carbocycles. The van der Waals surface area contributed by atoms with E-state index in [-0.39, 0.29) is 6.93 Å². The van der Waals surface area contributed by atoms with Gasteiger partial charge in [-0.2, -0.15) is 0 Å². The molecule has 0 aromatic heterocycles. The van der Waals surface area contributed by atoms with Crippen molar-refractivity contribution in [1.82, 2.24) is 0 Å². The lowest BCUT2D eigenvalue weighted by Gasteiger charge is -2.64. The van der Waals surface area contributed by atoms with Gasteiger partial charge in [0.2, 0.25) is 7.11 Å². The van der Waals surface area contributed by atoms with E-state index in [0.29, 0.717) is 30.2 Å². The molecule has 1 heterocycles. The van der Waals surface area contributed by atoms with Gasteiger partial charge >= 0.3 is 0 Å². The van der Waals surface area contributed by atoms with Crippen molar-refractivity contribution >= 4 is 36.9 Å². The first-order chi connectivity index (χ1) is 12.6. The summed E-state index contributed by atoms with van der Waals surface area (Å²) >= 11 is 0. The van der Waals surface area contributed by atoms with Crippen molar-refractivity contribution in [2.45, 2.75) is 161 Å². The van der Waals surface area contributed by atoms with Gasteiger partial charge in [-0.3, -0.25) is 0 Å². The number of rotatable bonds is 1. The molecule has 0 atom stereocenters. The maximum absolute atomic E-state index is 2.90. The van der Waals surface area contributed by atoms with Crippen LogP contribution in [0.25, 0.3) is 0 Å². The molecule has 176 valence electrons. The Labute approximate surface area is 197 Å². The minimum absolute atomic E-state index is 0.358. The Morgan fingerprint density at radius 1 is 0.567 bits per heavy atom. The maximum Gasteiger partial charge on any atom is 0.234 e. The maximum atomic E-state index is 2.90. The Morgan fingerprint density at radius 2 is 0.867 bits per heavy atom. The Balaban J connectivity index is 4.45. The molecule has 0 aliphatic carbocycles. The lowest BCUT2D eigenvalue weighted by molar-refractivity contribution is 0.628. The molecule has 0 amide bonds. The molecule has 0 saturated heterocycles. The summed E-state index contributed by atoms with van der Waals surface area (Å²) in [5.41, 5.74) is 0. The van der Waals surface area contributed by atoms with Gasteiger partial charge in [0.15, 0.2) is 22.2 Å². The van der Waals surface area contributed by atoms with E-state index < -0.39 is 29.9 Å². The molecule has 0 N–H and O–H groups in total. The zero-order chi connectivity index (χ0) is 24.7. The van der Waals surface area contributed by atoms with Gasteiger partial charge in [-0.25, -0.2) is 0 Å². The van der Waals surface area contributed by atoms with Crippen LogP contribution in [0.4, 0.5) is 0 Å². The average molecular weight is 498 g/mol. The van der Waals surface area contributed by atoms with Gasteiger partial charge in [0.05, 0.1) is 0 Å². The van der Waals surface area contributed by atoms with E-state index in [2.05, 4.69) is 131 Å². The number of hydrogen-bond acceptors (Lipinski definition) is 0. The highest BCUT2D eigenvalue weighted by atomic mass is 30.1. The van der Waals surface area contributed by atoms with Gasteiger partial charge in [-0.15, -0.1) is 0 Å². The second-order valence-electron chi connectivity index (χ2n) is 16.5. The normalized spacial score (nSPS) is 19.9. The van der Waals surface area contributed by atoms with Crippen LogP contribution in [0.3, 0.4) is 0 Å². The summed E-state index contributed by atoms with van der Waals surface area (Å²) in [6.07, 6.45) is 0. The van der Waals surface area contributed by atoms with Crippen molar-refractivity contribution in [3.8, 4) is 0 Å². The number of hydrogen-bond donors (Lipinski definition) is 0. The molecule has 1 rings (SSSR count). The highest BCUT2D eigenvalue weighted by Gasteiger charge is 2.85. The van der Waals surface area contributed by atoms with Crippen LogP contribution in [-0.2, 0) is 0 Å². The summed E-state index contributed by atoms with van der Waals surface area (Å²) in [4.78, 5) is 0. The molecule has 0 fully saturated rings. The van der Waals surface area contributed by atoms with Crippen LogP contribution in [0, 0.1) is 0 Å². The van der Waals surface area contributed by atoms with Gasteiger partial charge in [-0.05, 0) is 61.7 Å². The summed E-state index contributed by atoms with van der Waals surface area (Å²) in [5, 5.41) is 3.03. The van der Waals surface area contributed by atoms with Gasteiger partial charge < -0.3 is 0 Å². The van der Waals surface area contributed by atoms with Crippen molar-refractivity contribution in [1.29, 1.82) is 0 Å². The van der Waals surface area contributed by atoms with Crippen LogP contribution in [0.2, 0.25) is 36.8 Å². The Hall–Kier alpha value is 1.08. The largest absolute Gasteiger partial charge is 0.234 e. The molecular weight excluding hydrogens is 441 g/mol. The molecule has 0 aromatic rings. The molecular formula is C25H57Si5+. The van der Waals surface area contributed by atoms with E-state index in [1.54, 1.807) is 0 Å². The Kier molecular flexibility index (Phi) is 7.32. The fraction of sp³-hybridized carbons (Fsp3) is 1.00. The van der Waals surface area contributed by atoms with Gasteiger partial charge in [-0.1, -0.05) is 89.6 Å². The monoisotopic (exact) mass is 497 g/mol. The quantitative estimate of drug-likeness (QED) is 0.316. The van der Waals surface area contributed by atoms with Crippen molar-refractivity contribution in [3.63, 3.8) is 0 Å². The van der Waals surface area contributed by atoms with Crippen LogP contribution in [-0.4, -0.2) is 36.9 Å². The van der Waals surface area contributed by atoms with Crippen LogP contribution < -0.4 is 0 Å². The van der Waals surface area contributed by atoms with Gasteiger partial charge in [0.1, 0.15) is 7.59 Å². The van der Waals surface area contributed by atoms with E-state index in [9.17, 15) is 0 Å². The summed E-state index contributed by atoms with van der Waals surface area (Å²) in [6, 6.07) is 0. The molecule has 0 radical (unpaired) electrons. The zero-order valence-corrected chi connectivity index (χ0v) is 29.5. The van der Waals surface area contributed by atoms with Crippen molar-refractivity contribution in [2.24, 2.45) is 0 Å². The average Bonchev–Trinajstić information content (AvgIpc) is 2.26. The topological polar surface area (TPSA) is 0 Å². The summed E-state index contributed by atoms with van der Waals surface area (Å²) in [5.74, 6) is 0. The lowest BCUT2D eigenvalue weighted by atomic mass is 10.2. The third-order valence-electron chi connectivity index (χ3n) is 8.50. The van der Waals surface area contributed by atoms with Crippen molar-refractivity contribution in [2.75, 3.05) is 0 Å². The predicted molar refractivity (Wildman–Crippen MR) is 153 cm³/mol. The van der Waals surface area contributed by atoms with Crippen LogP contribution >= 0.6 is 0 Å². The molecule has 0 bridgehead atoms. The van der Waals surface area contributed by atoms with Crippen molar-refractivity contribution in [3.05, 3.63) is 0 Å². The standard InChI is InChI=1S/C25H57Si5/c1-20(2,3)26-28(29(19,22(7,8)9)23(10,11)12)27(21(4,5)6)30(26,24(13,14)15)25(16,17)18/h1-19H3/q+1. The molecule has 0 saturated carbocycles. The minimum Gasteiger partial charge on any atom is -0.0659 e. The highest BCUT2D eigenvalue weighted by molar-refractivity contribution is 7.99. The summed E-state index contributed by atoms with van der Waals surface area (Å²) < 4.78 is 0. The first kappa shape index (κ1) is 29.1. The minimum atomic E-state index is -1.53. The van der Waals surface area contributed by atoms with Crippen LogP contribution in [0.15, 0.2) is 0 Å². The van der Waals surface area contributed by atoms with Crippen molar-refractivity contribution < 1.29 is 0 Å². The lowest BCUT2D eigenvalue weighted by Crippen LogP contribution is -2.92. The van der Waals surface area contributed by atoms with E-state index in [1.807, 2.05) is 0 Å². The molecule has 0 nitrogen and oxygen atoms in total. The molecule has 5 heteroatoms. The zero-order valence-electron chi connectivity index (χ0n) is 24.5. The van der Waals surface area contributed by atoms with E-state index in [0.717, 1.165) is 0 Å².